The molecule has 4 nitrogen and oxygen atoms in total. The van der Waals surface area contributed by atoms with Gasteiger partial charge in [-0.1, -0.05) is 32.6 Å². The quantitative estimate of drug-likeness (QED) is 0.865. The summed E-state index contributed by atoms with van der Waals surface area (Å²) in [6.07, 6.45) is 9.66. The summed E-state index contributed by atoms with van der Waals surface area (Å²) in [6.45, 7) is 5.40. The Kier molecular flexibility index (Phi) is 6.06. The molecule has 2 unspecified atom stereocenters. The van der Waals surface area contributed by atoms with E-state index in [0.717, 1.165) is 44.7 Å². The molecule has 2 fully saturated rings. The average Bonchev–Trinajstić information content (AvgIpc) is 2.76. The van der Waals surface area contributed by atoms with E-state index in [4.69, 9.17) is 5.73 Å². The van der Waals surface area contributed by atoms with Crippen LogP contribution in [0, 0.1) is 5.92 Å². The fourth-order valence-corrected chi connectivity index (χ4v) is 4.11. The Morgan fingerprint density at radius 3 is 2.48 bits per heavy atom. The minimum absolute atomic E-state index is 0.0408. The summed E-state index contributed by atoms with van der Waals surface area (Å²) < 4.78 is 0. The van der Waals surface area contributed by atoms with Crippen LogP contribution < -0.4 is 5.73 Å². The van der Waals surface area contributed by atoms with Gasteiger partial charge >= 0.3 is 0 Å². The number of nitrogens with zero attached hydrogens (tertiary/aromatic N) is 2. The molecule has 122 valence electrons. The third-order valence-corrected chi connectivity index (χ3v) is 5.59. The van der Waals surface area contributed by atoms with Gasteiger partial charge in [0.15, 0.2) is 0 Å². The topological polar surface area (TPSA) is 49.6 Å². The maximum Gasteiger partial charge on any atom is 0.236 e. The van der Waals surface area contributed by atoms with Gasteiger partial charge in [0.05, 0.1) is 6.54 Å². The Labute approximate surface area is 130 Å². The van der Waals surface area contributed by atoms with Gasteiger partial charge in [-0.05, 0) is 38.6 Å². The molecule has 1 heterocycles. The maximum absolute atomic E-state index is 12.6. The van der Waals surface area contributed by atoms with Crippen molar-refractivity contribution in [3.63, 3.8) is 0 Å². The van der Waals surface area contributed by atoms with Crippen LogP contribution in [0.3, 0.4) is 0 Å². The van der Waals surface area contributed by atoms with E-state index in [2.05, 4.69) is 23.8 Å². The molecule has 0 radical (unpaired) electrons. The van der Waals surface area contributed by atoms with Crippen molar-refractivity contribution < 1.29 is 4.79 Å². The van der Waals surface area contributed by atoms with Crippen LogP contribution in [0.15, 0.2) is 0 Å². The van der Waals surface area contributed by atoms with E-state index >= 15 is 0 Å². The number of amides is 1. The number of carbonyl (C=O) groups excluding carboxylic acids is 1. The molecule has 0 spiro atoms. The van der Waals surface area contributed by atoms with E-state index in [1.54, 1.807) is 0 Å². The Morgan fingerprint density at radius 1 is 1.24 bits per heavy atom. The summed E-state index contributed by atoms with van der Waals surface area (Å²) in [6, 6.07) is 0. The van der Waals surface area contributed by atoms with Gasteiger partial charge in [-0.25, -0.2) is 0 Å². The van der Waals surface area contributed by atoms with Crippen molar-refractivity contribution in [3.8, 4) is 0 Å². The van der Waals surface area contributed by atoms with Gasteiger partial charge in [-0.2, -0.15) is 0 Å². The summed E-state index contributed by atoms with van der Waals surface area (Å²) in [4.78, 5) is 16.9. The molecule has 0 bridgehead atoms. The monoisotopic (exact) mass is 295 g/mol. The first-order chi connectivity index (χ1) is 10.1. The molecule has 4 heteroatoms. The van der Waals surface area contributed by atoms with Crippen LogP contribution >= 0.6 is 0 Å². The minimum atomic E-state index is 0.0408. The first-order valence-electron chi connectivity index (χ1n) is 8.76. The largest absolute Gasteiger partial charge is 0.342 e. The molecule has 1 saturated heterocycles. The molecule has 1 saturated carbocycles. The van der Waals surface area contributed by atoms with Crippen molar-refractivity contribution >= 4 is 5.91 Å². The van der Waals surface area contributed by atoms with Crippen LogP contribution in [0.5, 0.6) is 0 Å². The summed E-state index contributed by atoms with van der Waals surface area (Å²) in [5.74, 6) is 1.02. The van der Waals surface area contributed by atoms with Gasteiger partial charge < -0.3 is 10.6 Å². The Morgan fingerprint density at radius 2 is 1.90 bits per heavy atom. The highest BCUT2D eigenvalue weighted by molar-refractivity contribution is 5.78. The number of rotatable bonds is 4. The number of likely N-dealkylation sites (N-methyl/N-ethyl adjacent to an activating group) is 1. The molecule has 1 amide bonds. The smallest absolute Gasteiger partial charge is 0.236 e. The lowest BCUT2D eigenvalue weighted by atomic mass is 9.75. The molecule has 0 aromatic heterocycles. The van der Waals surface area contributed by atoms with Crippen molar-refractivity contribution in [1.29, 1.82) is 0 Å². The van der Waals surface area contributed by atoms with Crippen molar-refractivity contribution in [1.82, 2.24) is 9.80 Å². The molecule has 2 N–H and O–H groups in total. The van der Waals surface area contributed by atoms with Gasteiger partial charge in [-0.3, -0.25) is 9.69 Å². The van der Waals surface area contributed by atoms with Crippen molar-refractivity contribution in [2.75, 3.05) is 33.2 Å². The predicted octanol–water partition coefficient (Wildman–Crippen LogP) is 2.23. The van der Waals surface area contributed by atoms with Crippen LogP contribution in [-0.4, -0.2) is 54.5 Å². The number of hydrogen-bond donors (Lipinski definition) is 1. The zero-order valence-electron chi connectivity index (χ0n) is 13.9. The molecule has 21 heavy (non-hydrogen) atoms. The second kappa shape index (κ2) is 7.59. The van der Waals surface area contributed by atoms with Gasteiger partial charge in [0, 0.05) is 25.2 Å². The molecule has 2 rings (SSSR count). The van der Waals surface area contributed by atoms with Crippen molar-refractivity contribution in [2.24, 2.45) is 11.7 Å². The lowest BCUT2D eigenvalue weighted by Crippen LogP contribution is -2.57. The van der Waals surface area contributed by atoms with Gasteiger partial charge in [-0.15, -0.1) is 0 Å². The highest BCUT2D eigenvalue weighted by Gasteiger charge is 2.38. The fourth-order valence-electron chi connectivity index (χ4n) is 4.11. The first-order valence-corrected chi connectivity index (χ1v) is 8.76. The average molecular weight is 295 g/mol. The van der Waals surface area contributed by atoms with Crippen molar-refractivity contribution in [2.45, 2.75) is 63.8 Å². The summed E-state index contributed by atoms with van der Waals surface area (Å²) in [5, 5.41) is 0. The highest BCUT2D eigenvalue weighted by atomic mass is 16.2. The Balaban J connectivity index is 1.94. The number of hydrogen-bond acceptors (Lipinski definition) is 3. The van der Waals surface area contributed by atoms with Gasteiger partial charge in [0.1, 0.15) is 0 Å². The summed E-state index contributed by atoms with van der Waals surface area (Å²) >= 11 is 0. The lowest BCUT2D eigenvalue weighted by molar-refractivity contribution is -0.134. The molecule has 2 aliphatic rings. The summed E-state index contributed by atoms with van der Waals surface area (Å²) in [7, 11) is 2.10. The van der Waals surface area contributed by atoms with E-state index < -0.39 is 0 Å². The SMILES string of the molecule is CC1CCCC(CN)(N(C)CC(=O)N2CCCCCC2)C1. The molecular formula is C17H33N3O. The van der Waals surface area contributed by atoms with Crippen LogP contribution in [0.4, 0.5) is 0 Å². The molecule has 0 aromatic carbocycles. The number of likely N-dealkylation sites (tertiary alicyclic amines) is 1. The molecule has 0 aromatic rings. The standard InChI is InChI=1S/C17H33N3O/c1-15-8-7-9-17(12-15,14-18)19(2)13-16(21)20-10-5-3-4-6-11-20/h15H,3-14,18H2,1-2H3. The van der Waals surface area contributed by atoms with Crippen LogP contribution in [0.1, 0.15) is 58.3 Å². The van der Waals surface area contributed by atoms with E-state index in [-0.39, 0.29) is 5.54 Å². The summed E-state index contributed by atoms with van der Waals surface area (Å²) in [5.41, 5.74) is 6.15. The molecule has 2 atom stereocenters. The first kappa shape index (κ1) is 16.8. The normalized spacial score (nSPS) is 31.2. The van der Waals surface area contributed by atoms with E-state index in [1.165, 1.54) is 25.7 Å². The molecule has 1 aliphatic heterocycles. The van der Waals surface area contributed by atoms with E-state index in [0.29, 0.717) is 19.0 Å². The number of nitrogens with two attached hydrogens (primary N) is 1. The van der Waals surface area contributed by atoms with Crippen LogP contribution in [0.2, 0.25) is 0 Å². The third kappa shape index (κ3) is 4.19. The lowest BCUT2D eigenvalue weighted by Gasteiger charge is -2.46. The molecular weight excluding hydrogens is 262 g/mol. The van der Waals surface area contributed by atoms with Gasteiger partial charge in [0.2, 0.25) is 5.91 Å². The molecule has 1 aliphatic carbocycles. The maximum atomic E-state index is 12.6. The van der Waals surface area contributed by atoms with Crippen LogP contribution in [-0.2, 0) is 4.79 Å². The Hall–Kier alpha value is -0.610. The van der Waals surface area contributed by atoms with Crippen LogP contribution in [0.25, 0.3) is 0 Å². The second-order valence-electron chi connectivity index (χ2n) is 7.28. The minimum Gasteiger partial charge on any atom is -0.342 e. The Bertz CT molecular complexity index is 339. The second-order valence-corrected chi connectivity index (χ2v) is 7.28. The zero-order valence-corrected chi connectivity index (χ0v) is 13.9. The van der Waals surface area contributed by atoms with E-state index in [1.807, 2.05) is 0 Å². The third-order valence-electron chi connectivity index (χ3n) is 5.59. The fraction of sp³-hybridized carbons (Fsp3) is 0.941. The zero-order chi connectivity index (χ0) is 15.3. The van der Waals surface area contributed by atoms with Gasteiger partial charge in [0.25, 0.3) is 0 Å². The predicted molar refractivity (Wildman–Crippen MR) is 87.1 cm³/mol. The highest BCUT2D eigenvalue weighted by Crippen LogP contribution is 2.35. The van der Waals surface area contributed by atoms with E-state index in [9.17, 15) is 4.79 Å². The number of carbonyl (C=O) groups is 1. The van der Waals surface area contributed by atoms with Crippen molar-refractivity contribution in [3.05, 3.63) is 0 Å².